The fourth-order valence-corrected chi connectivity index (χ4v) is 5.66. The molecule has 1 N–H and O–H groups in total. The van der Waals surface area contributed by atoms with Gasteiger partial charge in [-0.3, -0.25) is 18.6 Å². The molecule has 0 aromatic carbocycles. The van der Waals surface area contributed by atoms with Crippen LogP contribution in [-0.4, -0.2) is 74.9 Å². The molecule has 2 atom stereocenters. The van der Waals surface area contributed by atoms with Gasteiger partial charge in [-0.25, -0.2) is 4.57 Å². The molecule has 0 aromatic heterocycles. The van der Waals surface area contributed by atoms with Crippen molar-refractivity contribution >= 4 is 19.8 Å². The van der Waals surface area contributed by atoms with Crippen LogP contribution in [0.15, 0.2) is 60.8 Å². The fraction of sp³-hybridized carbons (Fsp3) is 0.714. The number of phosphoric acid groups is 1. The zero-order valence-electron chi connectivity index (χ0n) is 33.5. The van der Waals surface area contributed by atoms with E-state index >= 15 is 0 Å². The van der Waals surface area contributed by atoms with Crippen LogP contribution >= 0.6 is 7.82 Å². The monoisotopic (exact) mass is 753 g/mol. The van der Waals surface area contributed by atoms with Gasteiger partial charge < -0.3 is 18.9 Å². The highest BCUT2D eigenvalue weighted by Gasteiger charge is 2.27. The lowest BCUT2D eigenvalue weighted by atomic mass is 10.1. The third-order valence-electron chi connectivity index (χ3n) is 8.06. The first-order chi connectivity index (χ1) is 25.0. The van der Waals surface area contributed by atoms with Crippen molar-refractivity contribution < 1.29 is 42.1 Å². The van der Waals surface area contributed by atoms with Gasteiger partial charge in [-0.2, -0.15) is 0 Å². The van der Waals surface area contributed by atoms with Crippen LogP contribution in [0.5, 0.6) is 0 Å². The second kappa shape index (κ2) is 34.5. The van der Waals surface area contributed by atoms with E-state index in [0.717, 1.165) is 70.6 Å². The fourth-order valence-electron chi connectivity index (χ4n) is 4.92. The Labute approximate surface area is 317 Å². The summed E-state index contributed by atoms with van der Waals surface area (Å²) in [7, 11) is 1.45. The molecular formula is C42H75NO8P+. The molecule has 0 saturated heterocycles. The minimum atomic E-state index is -4.37. The zero-order valence-corrected chi connectivity index (χ0v) is 34.4. The average Bonchev–Trinajstić information content (AvgIpc) is 3.09. The zero-order chi connectivity index (χ0) is 38.6. The Morgan fingerprint density at radius 2 is 1.10 bits per heavy atom. The molecule has 0 aliphatic carbocycles. The number of nitrogens with zero attached hydrogens (tertiary/aromatic N) is 1. The first-order valence-electron chi connectivity index (χ1n) is 20.0. The molecule has 0 amide bonds. The highest BCUT2D eigenvalue weighted by molar-refractivity contribution is 7.47. The Morgan fingerprint density at radius 1 is 0.615 bits per heavy atom. The number of esters is 2. The van der Waals surface area contributed by atoms with E-state index in [4.69, 9.17) is 18.5 Å². The van der Waals surface area contributed by atoms with Crippen molar-refractivity contribution in [2.45, 2.75) is 148 Å². The molecule has 0 aliphatic rings. The van der Waals surface area contributed by atoms with Crippen LogP contribution in [-0.2, 0) is 32.7 Å². The third kappa shape index (κ3) is 37.5. The maximum atomic E-state index is 12.6. The molecule has 1 unspecified atom stereocenters. The molecule has 0 bridgehead atoms. The van der Waals surface area contributed by atoms with E-state index < -0.39 is 32.5 Å². The largest absolute Gasteiger partial charge is 0.472 e. The molecule has 52 heavy (non-hydrogen) atoms. The maximum absolute atomic E-state index is 12.6. The summed E-state index contributed by atoms with van der Waals surface area (Å²) in [5.74, 6) is -0.845. The molecule has 0 radical (unpaired) electrons. The number of carbonyl (C=O) groups is 2. The van der Waals surface area contributed by atoms with Gasteiger partial charge in [0.1, 0.15) is 19.8 Å². The Balaban J connectivity index is 4.42. The number of allylic oxidation sites excluding steroid dienone is 10. The van der Waals surface area contributed by atoms with Crippen LogP contribution < -0.4 is 0 Å². The van der Waals surface area contributed by atoms with E-state index in [1.54, 1.807) is 0 Å². The molecule has 0 rings (SSSR count). The number of phosphoric ester groups is 1. The number of ether oxygens (including phenoxy) is 2. The van der Waals surface area contributed by atoms with Gasteiger partial charge in [0.25, 0.3) is 0 Å². The predicted molar refractivity (Wildman–Crippen MR) is 215 cm³/mol. The maximum Gasteiger partial charge on any atom is 0.472 e. The number of hydrogen-bond donors (Lipinski definition) is 1. The quantitative estimate of drug-likeness (QED) is 0.0224. The number of unbranched alkanes of at least 4 members (excludes halogenated alkanes) is 11. The smallest absolute Gasteiger partial charge is 0.462 e. The lowest BCUT2D eigenvalue weighted by molar-refractivity contribution is -0.870. The highest BCUT2D eigenvalue weighted by Crippen LogP contribution is 2.43. The molecule has 0 aliphatic heterocycles. The second-order valence-electron chi connectivity index (χ2n) is 14.3. The van der Waals surface area contributed by atoms with E-state index in [2.05, 4.69) is 74.6 Å². The van der Waals surface area contributed by atoms with E-state index in [0.29, 0.717) is 23.9 Å². The SMILES string of the molecule is CC/C=C/C/C=C/C/C=C/C/C=C/C/C=C/CCCCCC(=O)OC[C@@H](COP(=O)(O)OCC[N+](C)(C)C)OC(=O)CCCCCCCCCCC. The van der Waals surface area contributed by atoms with Gasteiger partial charge in [-0.15, -0.1) is 0 Å². The minimum Gasteiger partial charge on any atom is -0.462 e. The highest BCUT2D eigenvalue weighted by atomic mass is 31.2. The number of carbonyl (C=O) groups excluding carboxylic acids is 2. The molecule has 10 heteroatoms. The first kappa shape index (κ1) is 49.7. The van der Waals surface area contributed by atoms with Crippen LogP contribution in [0.25, 0.3) is 0 Å². The number of hydrogen-bond acceptors (Lipinski definition) is 7. The summed E-state index contributed by atoms with van der Waals surface area (Å²) in [6.07, 6.45) is 39.9. The Bertz CT molecular complexity index is 1080. The molecule has 0 fully saturated rings. The van der Waals surface area contributed by atoms with E-state index in [-0.39, 0.29) is 26.1 Å². The van der Waals surface area contributed by atoms with Crippen LogP contribution in [0.3, 0.4) is 0 Å². The number of rotatable bonds is 35. The second-order valence-corrected chi connectivity index (χ2v) is 15.7. The topological polar surface area (TPSA) is 108 Å². The summed E-state index contributed by atoms with van der Waals surface area (Å²) < 4.78 is 34.1. The molecule has 300 valence electrons. The summed E-state index contributed by atoms with van der Waals surface area (Å²) in [5.41, 5.74) is 0. The van der Waals surface area contributed by atoms with Gasteiger partial charge >= 0.3 is 19.8 Å². The number of quaternary nitrogens is 1. The summed E-state index contributed by atoms with van der Waals surface area (Å²) in [6, 6.07) is 0. The van der Waals surface area contributed by atoms with Crippen molar-refractivity contribution in [3.8, 4) is 0 Å². The van der Waals surface area contributed by atoms with E-state index in [9.17, 15) is 19.0 Å². The Hall–Kier alpha value is -2.29. The predicted octanol–water partition coefficient (Wildman–Crippen LogP) is 10.9. The lowest BCUT2D eigenvalue weighted by Gasteiger charge is -2.24. The van der Waals surface area contributed by atoms with Crippen molar-refractivity contribution in [2.75, 3.05) is 47.5 Å². The molecule has 0 spiro atoms. The van der Waals surface area contributed by atoms with Gasteiger partial charge in [0.05, 0.1) is 27.7 Å². The minimum absolute atomic E-state index is 0.0242. The Morgan fingerprint density at radius 3 is 1.63 bits per heavy atom. The molecule has 0 heterocycles. The summed E-state index contributed by atoms with van der Waals surface area (Å²) in [4.78, 5) is 35.1. The van der Waals surface area contributed by atoms with Crippen LogP contribution in [0.1, 0.15) is 142 Å². The van der Waals surface area contributed by atoms with Gasteiger partial charge in [0.2, 0.25) is 0 Å². The van der Waals surface area contributed by atoms with Crippen molar-refractivity contribution in [3.63, 3.8) is 0 Å². The molecular weight excluding hydrogens is 677 g/mol. The summed E-state index contributed by atoms with van der Waals surface area (Å²) in [5, 5.41) is 0. The van der Waals surface area contributed by atoms with Gasteiger partial charge in [0.15, 0.2) is 6.10 Å². The lowest BCUT2D eigenvalue weighted by Crippen LogP contribution is -2.37. The van der Waals surface area contributed by atoms with Gasteiger partial charge in [-0.1, -0.05) is 132 Å². The third-order valence-corrected chi connectivity index (χ3v) is 9.05. The van der Waals surface area contributed by atoms with E-state index in [1.165, 1.54) is 32.1 Å². The van der Waals surface area contributed by atoms with Gasteiger partial charge in [-0.05, 0) is 57.8 Å². The van der Waals surface area contributed by atoms with Crippen molar-refractivity contribution in [2.24, 2.45) is 0 Å². The first-order valence-corrected chi connectivity index (χ1v) is 21.5. The summed E-state index contributed by atoms with van der Waals surface area (Å²) >= 11 is 0. The van der Waals surface area contributed by atoms with Gasteiger partial charge in [0, 0.05) is 12.8 Å². The standard InChI is InChI=1S/C42H74NO8P/c1-6-8-10-12-14-16-17-18-19-20-21-22-23-24-25-27-28-30-32-34-41(44)48-38-40(39-50-52(46,47)49-37-36-43(3,4)5)51-42(45)35-33-31-29-26-15-13-11-9-7-2/h8,10,14,16,18-19,21-22,24-25,40H,6-7,9,11-13,15,17,20,23,26-39H2,1-5H3/p+1/b10-8+,16-14+,19-18+,22-21+,25-24+/t40-/m0/s1. The van der Waals surface area contributed by atoms with Crippen LogP contribution in [0.2, 0.25) is 0 Å². The summed E-state index contributed by atoms with van der Waals surface area (Å²) in [6.45, 7) is 4.22. The van der Waals surface area contributed by atoms with Crippen molar-refractivity contribution in [3.05, 3.63) is 60.8 Å². The molecule has 0 saturated carbocycles. The number of likely N-dealkylation sites (N-methyl/N-ethyl adjacent to an activating group) is 1. The normalized spacial score (nSPS) is 14.3. The van der Waals surface area contributed by atoms with E-state index in [1.807, 2.05) is 21.1 Å². The van der Waals surface area contributed by atoms with Crippen LogP contribution in [0, 0.1) is 0 Å². The van der Waals surface area contributed by atoms with Crippen molar-refractivity contribution in [1.82, 2.24) is 0 Å². The van der Waals surface area contributed by atoms with Crippen LogP contribution in [0.4, 0.5) is 0 Å². The average molecular weight is 753 g/mol. The molecule has 9 nitrogen and oxygen atoms in total. The van der Waals surface area contributed by atoms with Crippen molar-refractivity contribution in [1.29, 1.82) is 0 Å². The molecule has 0 aromatic rings. The Kier molecular flexibility index (Phi) is 33.0.